The number of carbonyl (C=O) groups excluding carboxylic acids is 1. The average Bonchev–Trinajstić information content (AvgIpc) is 3.41. The van der Waals surface area contributed by atoms with Crippen molar-refractivity contribution < 1.29 is 14.1 Å². The van der Waals surface area contributed by atoms with E-state index in [0.717, 1.165) is 23.6 Å². The number of amides is 1. The Labute approximate surface area is 158 Å². The van der Waals surface area contributed by atoms with Gasteiger partial charge >= 0.3 is 0 Å². The fourth-order valence-corrected chi connectivity index (χ4v) is 3.91. The standard InChI is InChI=1S/C20H22ClN3O2/c21-16-7-5-15(6-8-16)17-14-18(19-4-3-13-26-19)24(22-17)20(25)9-12-23-10-1-2-11-23/h3-8,13,18H,1-2,9-12,14H2/p+1/t18-/m0/s1. The summed E-state index contributed by atoms with van der Waals surface area (Å²) in [5.41, 5.74) is 1.89. The van der Waals surface area contributed by atoms with Gasteiger partial charge in [-0.3, -0.25) is 4.79 Å². The van der Waals surface area contributed by atoms with Crippen molar-refractivity contribution in [3.05, 3.63) is 59.0 Å². The first-order valence-electron chi connectivity index (χ1n) is 9.23. The molecule has 0 unspecified atom stereocenters. The lowest BCUT2D eigenvalue weighted by molar-refractivity contribution is -0.886. The molecule has 0 radical (unpaired) electrons. The van der Waals surface area contributed by atoms with E-state index in [1.54, 1.807) is 11.3 Å². The van der Waals surface area contributed by atoms with Gasteiger partial charge in [-0.1, -0.05) is 23.7 Å². The van der Waals surface area contributed by atoms with E-state index in [2.05, 4.69) is 5.10 Å². The van der Waals surface area contributed by atoms with Gasteiger partial charge in [-0.15, -0.1) is 0 Å². The van der Waals surface area contributed by atoms with E-state index in [-0.39, 0.29) is 11.9 Å². The van der Waals surface area contributed by atoms with Gasteiger partial charge in [0.05, 0.1) is 38.0 Å². The number of carbonyl (C=O) groups is 1. The summed E-state index contributed by atoms with van der Waals surface area (Å²) in [5.74, 6) is 0.842. The number of benzene rings is 1. The van der Waals surface area contributed by atoms with Gasteiger partial charge < -0.3 is 9.32 Å². The predicted molar refractivity (Wildman–Crippen MR) is 100 cm³/mol. The molecule has 136 valence electrons. The van der Waals surface area contributed by atoms with Crippen LogP contribution in [0.5, 0.6) is 0 Å². The molecule has 1 aromatic heterocycles. The van der Waals surface area contributed by atoms with Crippen LogP contribution in [0.1, 0.15) is 43.0 Å². The zero-order valence-electron chi connectivity index (χ0n) is 14.7. The lowest BCUT2D eigenvalue weighted by Gasteiger charge is -2.20. The zero-order chi connectivity index (χ0) is 17.9. The van der Waals surface area contributed by atoms with Gasteiger partial charge in [-0.05, 0) is 29.8 Å². The predicted octanol–water partition coefficient (Wildman–Crippen LogP) is 2.68. The molecular formula is C20H23ClN3O2+. The van der Waals surface area contributed by atoms with Gasteiger partial charge in [-0.2, -0.15) is 5.10 Å². The van der Waals surface area contributed by atoms with Crippen LogP contribution in [0.15, 0.2) is 52.2 Å². The van der Waals surface area contributed by atoms with Gasteiger partial charge in [0.1, 0.15) is 11.8 Å². The fraction of sp³-hybridized carbons (Fsp3) is 0.400. The minimum absolute atomic E-state index is 0.0646. The molecule has 2 aliphatic heterocycles. The van der Waals surface area contributed by atoms with E-state index in [9.17, 15) is 4.79 Å². The minimum Gasteiger partial charge on any atom is -0.467 e. The second-order valence-electron chi connectivity index (χ2n) is 6.98. The van der Waals surface area contributed by atoms with Crippen LogP contribution in [0.2, 0.25) is 5.02 Å². The molecule has 2 aromatic rings. The molecule has 3 heterocycles. The van der Waals surface area contributed by atoms with Gasteiger partial charge in [0.25, 0.3) is 0 Å². The monoisotopic (exact) mass is 372 g/mol. The first-order chi connectivity index (χ1) is 12.7. The quantitative estimate of drug-likeness (QED) is 0.877. The van der Waals surface area contributed by atoms with Crippen molar-refractivity contribution in [2.24, 2.45) is 5.10 Å². The van der Waals surface area contributed by atoms with Crippen LogP contribution in [-0.4, -0.2) is 36.3 Å². The van der Waals surface area contributed by atoms with Crippen LogP contribution >= 0.6 is 11.6 Å². The molecule has 1 fully saturated rings. The molecule has 1 aromatic carbocycles. The van der Waals surface area contributed by atoms with Crippen molar-refractivity contribution in [3.63, 3.8) is 0 Å². The Balaban J connectivity index is 1.53. The van der Waals surface area contributed by atoms with Crippen LogP contribution < -0.4 is 4.90 Å². The van der Waals surface area contributed by atoms with Crippen LogP contribution in [-0.2, 0) is 4.79 Å². The molecule has 0 spiro atoms. The van der Waals surface area contributed by atoms with Crippen LogP contribution in [0.25, 0.3) is 0 Å². The number of nitrogens with zero attached hydrogens (tertiary/aromatic N) is 2. The zero-order valence-corrected chi connectivity index (χ0v) is 15.4. The molecule has 0 aliphatic carbocycles. The summed E-state index contributed by atoms with van der Waals surface area (Å²) >= 11 is 5.99. The lowest BCUT2D eigenvalue weighted by atomic mass is 10.0. The number of likely N-dealkylation sites (tertiary alicyclic amines) is 1. The van der Waals surface area contributed by atoms with Crippen molar-refractivity contribution in [2.75, 3.05) is 19.6 Å². The second kappa shape index (κ2) is 7.64. The molecule has 1 atom stereocenters. The van der Waals surface area contributed by atoms with Crippen LogP contribution in [0.4, 0.5) is 0 Å². The first kappa shape index (κ1) is 17.3. The van der Waals surface area contributed by atoms with E-state index in [0.29, 0.717) is 17.9 Å². The summed E-state index contributed by atoms with van der Waals surface area (Å²) in [4.78, 5) is 14.4. The highest BCUT2D eigenvalue weighted by atomic mass is 35.5. The topological polar surface area (TPSA) is 50.2 Å². The van der Waals surface area contributed by atoms with Crippen molar-refractivity contribution >= 4 is 23.2 Å². The fourth-order valence-electron chi connectivity index (χ4n) is 3.78. The normalized spacial score (nSPS) is 20.6. The Hall–Kier alpha value is -2.11. The Bertz CT molecular complexity index is 780. The van der Waals surface area contributed by atoms with E-state index in [1.165, 1.54) is 30.8 Å². The van der Waals surface area contributed by atoms with E-state index in [4.69, 9.17) is 16.0 Å². The number of nitrogens with one attached hydrogen (secondary N) is 1. The van der Waals surface area contributed by atoms with Crippen molar-refractivity contribution in [2.45, 2.75) is 31.7 Å². The number of rotatable bonds is 5. The number of hydrogen-bond acceptors (Lipinski definition) is 3. The molecule has 1 saturated heterocycles. The molecule has 0 saturated carbocycles. The summed E-state index contributed by atoms with van der Waals surface area (Å²) in [6, 6.07) is 11.2. The third-order valence-electron chi connectivity index (χ3n) is 5.22. The van der Waals surface area contributed by atoms with E-state index >= 15 is 0 Å². The SMILES string of the molecule is O=C(CC[NH+]1CCCC1)N1N=C(c2ccc(Cl)cc2)C[C@H]1c1ccco1. The second-order valence-corrected chi connectivity index (χ2v) is 7.42. The van der Waals surface area contributed by atoms with E-state index < -0.39 is 0 Å². The summed E-state index contributed by atoms with van der Waals surface area (Å²) < 4.78 is 5.59. The highest BCUT2D eigenvalue weighted by molar-refractivity contribution is 6.30. The number of quaternary nitrogens is 1. The highest BCUT2D eigenvalue weighted by Crippen LogP contribution is 2.33. The van der Waals surface area contributed by atoms with Gasteiger partial charge in [-0.25, -0.2) is 5.01 Å². The molecule has 5 nitrogen and oxygen atoms in total. The maximum absolute atomic E-state index is 12.9. The smallest absolute Gasteiger partial charge is 0.249 e. The van der Waals surface area contributed by atoms with Gasteiger partial charge in [0, 0.05) is 24.3 Å². The maximum Gasteiger partial charge on any atom is 0.249 e. The van der Waals surface area contributed by atoms with Crippen molar-refractivity contribution in [1.82, 2.24) is 5.01 Å². The largest absolute Gasteiger partial charge is 0.467 e. The molecular weight excluding hydrogens is 350 g/mol. The number of hydrogen-bond donors (Lipinski definition) is 1. The number of halogens is 1. The molecule has 4 rings (SSSR count). The summed E-state index contributed by atoms with van der Waals surface area (Å²) in [6.07, 6.45) is 5.34. The van der Waals surface area contributed by atoms with Gasteiger partial charge in [0.2, 0.25) is 5.91 Å². The lowest BCUT2D eigenvalue weighted by Crippen LogP contribution is -3.10. The Kier molecular flexibility index (Phi) is 5.09. The van der Waals surface area contributed by atoms with Crippen LogP contribution in [0, 0.1) is 0 Å². The summed E-state index contributed by atoms with van der Waals surface area (Å²) in [5, 5.41) is 6.97. The van der Waals surface area contributed by atoms with Crippen LogP contribution in [0.3, 0.4) is 0 Å². The third kappa shape index (κ3) is 3.69. The number of furan rings is 1. The maximum atomic E-state index is 12.9. The summed E-state index contributed by atoms with van der Waals surface area (Å²) in [7, 11) is 0. The first-order valence-corrected chi connectivity index (χ1v) is 9.61. The highest BCUT2D eigenvalue weighted by Gasteiger charge is 2.35. The molecule has 26 heavy (non-hydrogen) atoms. The third-order valence-corrected chi connectivity index (χ3v) is 5.47. The molecule has 1 N–H and O–H groups in total. The Morgan fingerprint density at radius 3 is 2.69 bits per heavy atom. The average molecular weight is 373 g/mol. The minimum atomic E-state index is -0.170. The van der Waals surface area contributed by atoms with Crippen molar-refractivity contribution in [3.8, 4) is 0 Å². The van der Waals surface area contributed by atoms with Crippen molar-refractivity contribution in [1.29, 1.82) is 0 Å². The van der Waals surface area contributed by atoms with Gasteiger partial charge in [0.15, 0.2) is 0 Å². The molecule has 2 aliphatic rings. The summed E-state index contributed by atoms with van der Waals surface area (Å²) in [6.45, 7) is 3.23. The Morgan fingerprint density at radius 2 is 2.00 bits per heavy atom. The molecule has 6 heteroatoms. The molecule has 1 amide bonds. The Morgan fingerprint density at radius 1 is 1.23 bits per heavy atom. The molecule has 0 bridgehead atoms. The number of hydrazone groups is 1. The van der Waals surface area contributed by atoms with E-state index in [1.807, 2.05) is 36.4 Å².